The maximum atomic E-state index is 11.7. The molecule has 0 fully saturated rings. The van der Waals surface area contributed by atoms with Crippen molar-refractivity contribution in [2.24, 2.45) is 0 Å². The number of carbonyl (C=O) groups excluding carboxylic acids is 1. The van der Waals surface area contributed by atoms with Crippen molar-refractivity contribution < 1.29 is 9.53 Å². The molecule has 17 heavy (non-hydrogen) atoms. The summed E-state index contributed by atoms with van der Waals surface area (Å²) >= 11 is 0. The highest BCUT2D eigenvalue weighted by Gasteiger charge is 2.27. The molecule has 2 rings (SSSR count). The predicted octanol–water partition coefficient (Wildman–Crippen LogP) is 2.17. The number of carbonyl (C=O) groups is 1. The predicted molar refractivity (Wildman–Crippen MR) is 67.0 cm³/mol. The third kappa shape index (κ3) is 2.34. The highest BCUT2D eigenvalue weighted by molar-refractivity contribution is 5.78. The number of nitrogens with one attached hydrogen (secondary N) is 1. The Morgan fingerprint density at radius 1 is 1.47 bits per heavy atom. The Hall–Kier alpha value is -1.35. The van der Waals surface area contributed by atoms with Gasteiger partial charge in [-0.15, -0.1) is 0 Å². The molecule has 3 nitrogen and oxygen atoms in total. The molecule has 0 aliphatic carbocycles. The van der Waals surface area contributed by atoms with Gasteiger partial charge < -0.3 is 10.1 Å². The highest BCUT2D eigenvalue weighted by Crippen LogP contribution is 2.27. The van der Waals surface area contributed by atoms with Gasteiger partial charge in [-0.25, -0.2) is 4.79 Å². The van der Waals surface area contributed by atoms with Crippen molar-refractivity contribution in [1.82, 2.24) is 5.32 Å². The van der Waals surface area contributed by atoms with Gasteiger partial charge in [-0.05, 0) is 29.0 Å². The lowest BCUT2D eigenvalue weighted by atomic mass is 9.90. The fourth-order valence-corrected chi connectivity index (χ4v) is 2.26. The number of esters is 1. The minimum atomic E-state index is -0.303. The summed E-state index contributed by atoms with van der Waals surface area (Å²) in [6.45, 7) is 5.14. The molecular weight excluding hydrogens is 214 g/mol. The van der Waals surface area contributed by atoms with Gasteiger partial charge in [0, 0.05) is 6.54 Å². The second kappa shape index (κ2) is 4.88. The first kappa shape index (κ1) is 12.1. The number of rotatable bonds is 2. The SMILES string of the molecule is COC(=O)C1NCCc2ccc(C(C)C)cc21. The molecule has 1 unspecified atom stereocenters. The van der Waals surface area contributed by atoms with E-state index in [1.165, 1.54) is 18.2 Å². The fraction of sp³-hybridized carbons (Fsp3) is 0.500. The van der Waals surface area contributed by atoms with Crippen LogP contribution in [-0.4, -0.2) is 19.6 Å². The molecule has 1 heterocycles. The quantitative estimate of drug-likeness (QED) is 0.796. The van der Waals surface area contributed by atoms with E-state index in [1.807, 2.05) is 0 Å². The Labute approximate surface area is 102 Å². The summed E-state index contributed by atoms with van der Waals surface area (Å²) in [5, 5.41) is 3.22. The average Bonchev–Trinajstić information content (AvgIpc) is 2.36. The minimum Gasteiger partial charge on any atom is -0.468 e. The average molecular weight is 233 g/mol. The maximum Gasteiger partial charge on any atom is 0.327 e. The zero-order chi connectivity index (χ0) is 12.4. The van der Waals surface area contributed by atoms with Gasteiger partial charge in [0.25, 0.3) is 0 Å². The zero-order valence-electron chi connectivity index (χ0n) is 10.6. The molecule has 0 saturated carbocycles. The van der Waals surface area contributed by atoms with E-state index in [-0.39, 0.29) is 12.0 Å². The van der Waals surface area contributed by atoms with Crippen LogP contribution in [0.1, 0.15) is 42.5 Å². The topological polar surface area (TPSA) is 38.3 Å². The van der Waals surface area contributed by atoms with Gasteiger partial charge in [0.2, 0.25) is 0 Å². The number of ether oxygens (including phenoxy) is 1. The standard InChI is InChI=1S/C14H19NO2/c1-9(2)11-5-4-10-6-7-15-13(12(10)8-11)14(16)17-3/h4-5,8-9,13,15H,6-7H2,1-3H3. The number of fused-ring (bicyclic) bond motifs is 1. The summed E-state index contributed by atoms with van der Waals surface area (Å²) < 4.78 is 4.85. The number of hydrogen-bond acceptors (Lipinski definition) is 3. The number of benzene rings is 1. The van der Waals surface area contributed by atoms with Crippen molar-refractivity contribution in [3.63, 3.8) is 0 Å². The Morgan fingerprint density at radius 2 is 2.24 bits per heavy atom. The van der Waals surface area contributed by atoms with Crippen LogP contribution in [0.25, 0.3) is 0 Å². The molecule has 1 N–H and O–H groups in total. The highest BCUT2D eigenvalue weighted by atomic mass is 16.5. The second-order valence-corrected chi connectivity index (χ2v) is 4.77. The lowest BCUT2D eigenvalue weighted by Gasteiger charge is -2.26. The molecule has 1 aliphatic rings. The maximum absolute atomic E-state index is 11.7. The van der Waals surface area contributed by atoms with Crippen LogP contribution in [0.2, 0.25) is 0 Å². The first-order chi connectivity index (χ1) is 8.13. The van der Waals surface area contributed by atoms with Crippen LogP contribution < -0.4 is 5.32 Å². The van der Waals surface area contributed by atoms with Crippen LogP contribution in [0, 0.1) is 0 Å². The van der Waals surface area contributed by atoms with E-state index in [0.717, 1.165) is 18.5 Å². The van der Waals surface area contributed by atoms with Crippen molar-refractivity contribution >= 4 is 5.97 Å². The summed E-state index contributed by atoms with van der Waals surface area (Å²) in [5.74, 6) is 0.271. The van der Waals surface area contributed by atoms with E-state index in [4.69, 9.17) is 4.74 Å². The molecule has 0 saturated heterocycles. The third-order valence-electron chi connectivity index (χ3n) is 3.33. The van der Waals surface area contributed by atoms with E-state index in [0.29, 0.717) is 5.92 Å². The van der Waals surface area contributed by atoms with Crippen LogP contribution in [0.3, 0.4) is 0 Å². The van der Waals surface area contributed by atoms with Crippen LogP contribution in [0.5, 0.6) is 0 Å². The molecule has 1 aromatic rings. The normalized spacial score (nSPS) is 18.9. The number of methoxy groups -OCH3 is 1. The van der Waals surface area contributed by atoms with Gasteiger partial charge in [0.05, 0.1) is 7.11 Å². The van der Waals surface area contributed by atoms with Gasteiger partial charge in [-0.2, -0.15) is 0 Å². The van der Waals surface area contributed by atoms with Gasteiger partial charge >= 0.3 is 5.97 Å². The third-order valence-corrected chi connectivity index (χ3v) is 3.33. The molecular formula is C14H19NO2. The molecule has 0 radical (unpaired) electrons. The van der Waals surface area contributed by atoms with E-state index in [2.05, 4.69) is 37.4 Å². The van der Waals surface area contributed by atoms with Gasteiger partial charge in [-0.1, -0.05) is 32.0 Å². The Balaban J connectivity index is 2.40. The van der Waals surface area contributed by atoms with Crippen LogP contribution in [-0.2, 0) is 16.0 Å². The summed E-state index contributed by atoms with van der Waals surface area (Å²) in [6.07, 6.45) is 0.973. The lowest BCUT2D eigenvalue weighted by molar-refractivity contribution is -0.143. The largest absolute Gasteiger partial charge is 0.468 e. The molecule has 0 spiro atoms. The van der Waals surface area contributed by atoms with Crippen molar-refractivity contribution in [1.29, 1.82) is 0 Å². The van der Waals surface area contributed by atoms with E-state index in [1.54, 1.807) is 0 Å². The van der Waals surface area contributed by atoms with Crippen molar-refractivity contribution in [3.8, 4) is 0 Å². The Bertz CT molecular complexity index is 426. The van der Waals surface area contributed by atoms with Gasteiger partial charge in [0.1, 0.15) is 6.04 Å². The number of hydrogen-bond donors (Lipinski definition) is 1. The molecule has 1 atom stereocenters. The molecule has 0 aromatic heterocycles. The molecule has 3 heteroatoms. The van der Waals surface area contributed by atoms with E-state index >= 15 is 0 Å². The Kier molecular flexibility index (Phi) is 3.48. The van der Waals surface area contributed by atoms with Crippen molar-refractivity contribution in [2.75, 3.05) is 13.7 Å². The first-order valence-corrected chi connectivity index (χ1v) is 6.07. The van der Waals surface area contributed by atoms with Crippen LogP contribution >= 0.6 is 0 Å². The van der Waals surface area contributed by atoms with Gasteiger partial charge in [0.15, 0.2) is 0 Å². The summed E-state index contributed by atoms with van der Waals surface area (Å²) in [4.78, 5) is 11.7. The Morgan fingerprint density at radius 3 is 2.88 bits per heavy atom. The molecule has 0 amide bonds. The van der Waals surface area contributed by atoms with Crippen LogP contribution in [0.4, 0.5) is 0 Å². The van der Waals surface area contributed by atoms with E-state index < -0.39 is 0 Å². The van der Waals surface area contributed by atoms with E-state index in [9.17, 15) is 4.79 Å². The summed E-state index contributed by atoms with van der Waals surface area (Å²) in [5.41, 5.74) is 3.60. The fourth-order valence-electron chi connectivity index (χ4n) is 2.26. The first-order valence-electron chi connectivity index (χ1n) is 6.07. The van der Waals surface area contributed by atoms with Crippen molar-refractivity contribution in [3.05, 3.63) is 34.9 Å². The summed E-state index contributed by atoms with van der Waals surface area (Å²) in [7, 11) is 1.44. The lowest BCUT2D eigenvalue weighted by Crippen LogP contribution is -2.35. The van der Waals surface area contributed by atoms with Crippen LogP contribution in [0.15, 0.2) is 18.2 Å². The zero-order valence-corrected chi connectivity index (χ0v) is 10.6. The second-order valence-electron chi connectivity index (χ2n) is 4.77. The van der Waals surface area contributed by atoms with Gasteiger partial charge in [-0.3, -0.25) is 0 Å². The minimum absolute atomic E-state index is 0.202. The molecule has 1 aromatic carbocycles. The molecule has 0 bridgehead atoms. The van der Waals surface area contributed by atoms with Crippen molar-refractivity contribution in [2.45, 2.75) is 32.2 Å². The smallest absolute Gasteiger partial charge is 0.327 e. The summed E-state index contributed by atoms with van der Waals surface area (Å²) in [6, 6.07) is 6.13. The molecule has 1 aliphatic heterocycles. The monoisotopic (exact) mass is 233 g/mol. The molecule has 92 valence electrons.